The third kappa shape index (κ3) is 4.37. The quantitative estimate of drug-likeness (QED) is 0.466. The number of aromatic nitrogens is 4. The van der Waals surface area contributed by atoms with Gasteiger partial charge in [0.2, 0.25) is 5.88 Å². The Labute approximate surface area is 179 Å². The lowest BCUT2D eigenvalue weighted by Crippen LogP contribution is -1.99. The SMILES string of the molecule is CN=C/C(=C\N)c1ccc(COc2cc(-c3cnc4cc(OC)ccn34)ncn2)cc1. The van der Waals surface area contributed by atoms with Crippen LogP contribution in [0, 0.1) is 0 Å². The Morgan fingerprint density at radius 2 is 1.97 bits per heavy atom. The van der Waals surface area contributed by atoms with E-state index in [0.717, 1.165) is 39.5 Å². The fourth-order valence-electron chi connectivity index (χ4n) is 3.14. The van der Waals surface area contributed by atoms with Crippen LogP contribution in [0.25, 0.3) is 22.6 Å². The number of fused-ring (bicyclic) bond motifs is 1. The van der Waals surface area contributed by atoms with Gasteiger partial charge in [-0.25, -0.2) is 15.0 Å². The van der Waals surface area contributed by atoms with Gasteiger partial charge in [-0.05, 0) is 17.2 Å². The lowest BCUT2D eigenvalue weighted by molar-refractivity contribution is 0.293. The average molecular weight is 414 g/mol. The van der Waals surface area contributed by atoms with Crippen LogP contribution >= 0.6 is 0 Å². The number of hydrogen-bond donors (Lipinski definition) is 1. The van der Waals surface area contributed by atoms with Crippen molar-refractivity contribution in [3.8, 4) is 23.0 Å². The number of methoxy groups -OCH3 is 1. The molecule has 4 rings (SSSR count). The van der Waals surface area contributed by atoms with Crippen molar-refractivity contribution in [2.24, 2.45) is 10.7 Å². The fourth-order valence-corrected chi connectivity index (χ4v) is 3.14. The maximum absolute atomic E-state index is 5.89. The smallest absolute Gasteiger partial charge is 0.217 e. The molecular formula is C23H22N6O2. The second-order valence-corrected chi connectivity index (χ2v) is 6.67. The first-order valence-electron chi connectivity index (χ1n) is 9.61. The van der Waals surface area contributed by atoms with E-state index in [0.29, 0.717) is 12.5 Å². The van der Waals surface area contributed by atoms with Crippen LogP contribution < -0.4 is 15.2 Å². The molecule has 0 aliphatic carbocycles. The fraction of sp³-hybridized carbons (Fsp3) is 0.130. The number of hydrogen-bond acceptors (Lipinski definition) is 7. The van der Waals surface area contributed by atoms with Gasteiger partial charge in [0.15, 0.2) is 0 Å². The summed E-state index contributed by atoms with van der Waals surface area (Å²) in [6, 6.07) is 13.5. The highest BCUT2D eigenvalue weighted by Crippen LogP contribution is 2.24. The van der Waals surface area contributed by atoms with Crippen LogP contribution in [0.15, 0.2) is 72.4 Å². The van der Waals surface area contributed by atoms with Crippen molar-refractivity contribution in [1.29, 1.82) is 0 Å². The molecular weight excluding hydrogens is 392 g/mol. The van der Waals surface area contributed by atoms with Crippen molar-refractivity contribution in [1.82, 2.24) is 19.4 Å². The van der Waals surface area contributed by atoms with Crippen LogP contribution in [-0.4, -0.2) is 39.7 Å². The van der Waals surface area contributed by atoms with Gasteiger partial charge < -0.3 is 15.2 Å². The topological polar surface area (TPSA) is 99.9 Å². The van der Waals surface area contributed by atoms with Gasteiger partial charge in [0.1, 0.15) is 24.3 Å². The number of allylic oxidation sites excluding steroid dienone is 1. The molecule has 0 bridgehead atoms. The van der Waals surface area contributed by atoms with Crippen LogP contribution in [0.4, 0.5) is 0 Å². The van der Waals surface area contributed by atoms with Crippen molar-refractivity contribution in [2.75, 3.05) is 14.2 Å². The van der Waals surface area contributed by atoms with Gasteiger partial charge in [0.05, 0.1) is 24.7 Å². The standard InChI is InChI=1S/C23H22N6O2/c1-25-12-18(11-24)17-5-3-16(4-6-17)14-31-23-10-20(27-15-28-23)21-13-26-22-9-19(30-2)7-8-29(21)22/h3-13,15H,14,24H2,1-2H3/b18-11+,25-12?. The van der Waals surface area contributed by atoms with Gasteiger partial charge in [-0.3, -0.25) is 9.39 Å². The average Bonchev–Trinajstić information content (AvgIpc) is 3.25. The summed E-state index contributed by atoms with van der Waals surface area (Å²) in [5, 5.41) is 0. The number of aliphatic imine (C=N–C) groups is 1. The third-order valence-corrected chi connectivity index (χ3v) is 4.75. The van der Waals surface area contributed by atoms with Crippen molar-refractivity contribution < 1.29 is 9.47 Å². The lowest BCUT2D eigenvalue weighted by Gasteiger charge is -2.08. The predicted molar refractivity (Wildman–Crippen MR) is 120 cm³/mol. The molecule has 1 aromatic carbocycles. The number of imidazole rings is 1. The number of pyridine rings is 1. The third-order valence-electron chi connectivity index (χ3n) is 4.75. The van der Waals surface area contributed by atoms with E-state index in [-0.39, 0.29) is 0 Å². The second-order valence-electron chi connectivity index (χ2n) is 6.67. The molecule has 3 aromatic heterocycles. The predicted octanol–water partition coefficient (Wildman–Crippen LogP) is 3.38. The Kier molecular flexibility index (Phi) is 5.89. The molecule has 2 N–H and O–H groups in total. The van der Waals surface area contributed by atoms with Gasteiger partial charge in [0, 0.05) is 43.4 Å². The summed E-state index contributed by atoms with van der Waals surface area (Å²) >= 11 is 0. The molecule has 8 nitrogen and oxygen atoms in total. The minimum Gasteiger partial charge on any atom is -0.497 e. The normalized spacial score (nSPS) is 11.9. The van der Waals surface area contributed by atoms with E-state index in [4.69, 9.17) is 15.2 Å². The van der Waals surface area contributed by atoms with E-state index in [1.807, 2.05) is 47.0 Å². The van der Waals surface area contributed by atoms with Gasteiger partial charge in [-0.2, -0.15) is 0 Å². The van der Waals surface area contributed by atoms with E-state index >= 15 is 0 Å². The van der Waals surface area contributed by atoms with Crippen LogP contribution in [0.1, 0.15) is 11.1 Å². The molecule has 0 amide bonds. The molecule has 4 aromatic rings. The summed E-state index contributed by atoms with van der Waals surface area (Å²) in [7, 11) is 3.34. The zero-order valence-corrected chi connectivity index (χ0v) is 17.3. The molecule has 0 saturated carbocycles. The highest BCUT2D eigenvalue weighted by molar-refractivity contribution is 6.09. The van der Waals surface area contributed by atoms with Gasteiger partial charge in [0.25, 0.3) is 0 Å². The van der Waals surface area contributed by atoms with E-state index < -0.39 is 0 Å². The number of nitrogens with two attached hydrogens (primary N) is 1. The molecule has 0 atom stereocenters. The van der Waals surface area contributed by atoms with Crippen LogP contribution in [0.3, 0.4) is 0 Å². The molecule has 3 heterocycles. The summed E-state index contributed by atoms with van der Waals surface area (Å²) in [5.74, 6) is 1.23. The monoisotopic (exact) mass is 414 g/mol. The van der Waals surface area contributed by atoms with E-state index in [1.54, 1.807) is 32.6 Å². The van der Waals surface area contributed by atoms with E-state index in [2.05, 4.69) is 19.9 Å². The number of rotatable bonds is 7. The Hall–Kier alpha value is -4.20. The molecule has 8 heteroatoms. The molecule has 0 saturated heterocycles. The Balaban J connectivity index is 1.50. The largest absolute Gasteiger partial charge is 0.497 e. The van der Waals surface area contributed by atoms with E-state index in [9.17, 15) is 0 Å². The maximum atomic E-state index is 5.89. The molecule has 0 aliphatic rings. The highest BCUT2D eigenvalue weighted by Gasteiger charge is 2.10. The van der Waals surface area contributed by atoms with Gasteiger partial charge >= 0.3 is 0 Å². The number of benzene rings is 1. The second kappa shape index (κ2) is 9.08. The van der Waals surface area contributed by atoms with Crippen molar-refractivity contribution >= 4 is 17.4 Å². The Morgan fingerprint density at radius 3 is 2.71 bits per heavy atom. The summed E-state index contributed by atoms with van der Waals surface area (Å²) in [6.07, 6.45) is 8.41. The first-order chi connectivity index (χ1) is 15.2. The first-order valence-corrected chi connectivity index (χ1v) is 9.61. The minimum atomic E-state index is 0.380. The lowest BCUT2D eigenvalue weighted by atomic mass is 10.1. The zero-order valence-electron chi connectivity index (χ0n) is 17.3. The number of nitrogens with zero attached hydrogens (tertiary/aromatic N) is 5. The Morgan fingerprint density at radius 1 is 1.13 bits per heavy atom. The molecule has 0 fully saturated rings. The summed E-state index contributed by atoms with van der Waals surface area (Å²) in [5.41, 5.74) is 10.9. The van der Waals surface area contributed by atoms with Crippen LogP contribution in [0.5, 0.6) is 11.6 Å². The number of ether oxygens (including phenoxy) is 2. The van der Waals surface area contributed by atoms with Crippen LogP contribution in [0.2, 0.25) is 0 Å². The van der Waals surface area contributed by atoms with Gasteiger partial charge in [-0.1, -0.05) is 24.3 Å². The zero-order chi connectivity index (χ0) is 21.6. The summed E-state index contributed by atoms with van der Waals surface area (Å²) in [4.78, 5) is 17.0. The molecule has 31 heavy (non-hydrogen) atoms. The van der Waals surface area contributed by atoms with Crippen molar-refractivity contribution in [3.05, 3.63) is 78.5 Å². The van der Waals surface area contributed by atoms with Crippen molar-refractivity contribution in [2.45, 2.75) is 6.61 Å². The highest BCUT2D eigenvalue weighted by atomic mass is 16.5. The van der Waals surface area contributed by atoms with Crippen molar-refractivity contribution in [3.63, 3.8) is 0 Å². The summed E-state index contributed by atoms with van der Waals surface area (Å²) in [6.45, 7) is 0.380. The van der Waals surface area contributed by atoms with E-state index in [1.165, 1.54) is 12.5 Å². The maximum Gasteiger partial charge on any atom is 0.217 e. The first kappa shape index (κ1) is 20.1. The molecule has 0 aliphatic heterocycles. The molecule has 156 valence electrons. The minimum absolute atomic E-state index is 0.380. The molecule has 0 radical (unpaired) electrons. The molecule has 0 unspecified atom stereocenters. The molecule has 0 spiro atoms. The van der Waals surface area contributed by atoms with Crippen LogP contribution in [-0.2, 0) is 6.61 Å². The summed E-state index contributed by atoms with van der Waals surface area (Å²) < 4.78 is 13.1. The van der Waals surface area contributed by atoms with Gasteiger partial charge in [-0.15, -0.1) is 0 Å². The Bertz CT molecular complexity index is 1240.